The van der Waals surface area contributed by atoms with Gasteiger partial charge in [-0.15, -0.1) is 0 Å². The first-order valence-corrected chi connectivity index (χ1v) is 7.25. The van der Waals surface area contributed by atoms with Gasteiger partial charge in [-0.2, -0.15) is 13.2 Å². The first-order chi connectivity index (χ1) is 9.86. The van der Waals surface area contributed by atoms with E-state index >= 15 is 0 Å². The molecule has 1 aliphatic heterocycles. The van der Waals surface area contributed by atoms with Crippen LogP contribution in [0.25, 0.3) is 0 Å². The Morgan fingerprint density at radius 1 is 1.29 bits per heavy atom. The molecule has 6 heteroatoms. The quantitative estimate of drug-likeness (QED) is 0.837. The molecule has 0 amide bonds. The van der Waals surface area contributed by atoms with E-state index in [9.17, 15) is 13.2 Å². The molecule has 0 saturated carbocycles. The fourth-order valence-corrected chi connectivity index (χ4v) is 2.66. The van der Waals surface area contributed by atoms with Gasteiger partial charge < -0.3 is 16.0 Å². The number of alkyl halides is 3. The fourth-order valence-electron chi connectivity index (χ4n) is 2.66. The largest absolute Gasteiger partial charge is 0.416 e. The van der Waals surface area contributed by atoms with Crippen LogP contribution in [0, 0.1) is 5.92 Å². The maximum Gasteiger partial charge on any atom is 0.416 e. The molecule has 1 aliphatic rings. The van der Waals surface area contributed by atoms with Gasteiger partial charge in [-0.3, -0.25) is 0 Å². The lowest BCUT2D eigenvalue weighted by atomic mass is 9.94. The highest BCUT2D eigenvalue weighted by Gasteiger charge is 2.30. The highest BCUT2D eigenvalue weighted by molar-refractivity contribution is 5.67. The lowest BCUT2D eigenvalue weighted by Gasteiger charge is -2.29. The maximum atomic E-state index is 12.5. The minimum absolute atomic E-state index is 0.146. The van der Waals surface area contributed by atoms with Crippen molar-refractivity contribution in [3.8, 4) is 0 Å². The molecule has 1 aromatic carbocycles. The van der Waals surface area contributed by atoms with Gasteiger partial charge in [0.05, 0.1) is 16.9 Å². The van der Waals surface area contributed by atoms with Crippen molar-refractivity contribution in [3.05, 3.63) is 23.8 Å². The Labute approximate surface area is 123 Å². The number of nitrogens with zero attached hydrogens (tertiary/aromatic N) is 1. The third kappa shape index (κ3) is 4.52. The summed E-state index contributed by atoms with van der Waals surface area (Å²) in [6.45, 7) is 2.98. The van der Waals surface area contributed by atoms with Crippen molar-refractivity contribution >= 4 is 11.4 Å². The summed E-state index contributed by atoms with van der Waals surface area (Å²) in [5, 5.41) is 3.14. The van der Waals surface area contributed by atoms with Gasteiger partial charge in [0.1, 0.15) is 0 Å². The van der Waals surface area contributed by atoms with E-state index in [0.29, 0.717) is 11.6 Å². The Hall–Kier alpha value is -1.43. The standard InChI is InChI=1S/C15H22F3N3/c1-21-8-5-11(6-9-21)4-7-20-14-3-2-12(10-13(14)19)15(16,17)18/h2-3,10-11,20H,4-9,19H2,1H3. The second-order valence-electron chi connectivity index (χ2n) is 5.76. The molecule has 1 heterocycles. The first-order valence-electron chi connectivity index (χ1n) is 7.25. The molecule has 0 radical (unpaired) electrons. The minimum atomic E-state index is -4.35. The molecule has 0 spiro atoms. The third-order valence-corrected chi connectivity index (χ3v) is 4.09. The van der Waals surface area contributed by atoms with Crippen LogP contribution >= 0.6 is 0 Å². The van der Waals surface area contributed by atoms with Crippen LogP contribution in [0.5, 0.6) is 0 Å². The topological polar surface area (TPSA) is 41.3 Å². The molecule has 0 unspecified atom stereocenters. The molecule has 0 aliphatic carbocycles. The zero-order valence-electron chi connectivity index (χ0n) is 12.2. The number of nitrogen functional groups attached to an aromatic ring is 1. The van der Waals surface area contributed by atoms with Gasteiger partial charge in [-0.25, -0.2) is 0 Å². The zero-order chi connectivity index (χ0) is 15.5. The number of likely N-dealkylation sites (tertiary alicyclic amines) is 1. The summed E-state index contributed by atoms with van der Waals surface area (Å²) in [7, 11) is 2.12. The molecule has 118 valence electrons. The van der Waals surface area contributed by atoms with E-state index in [-0.39, 0.29) is 5.69 Å². The van der Waals surface area contributed by atoms with Crippen LogP contribution in [-0.2, 0) is 6.18 Å². The Bertz CT molecular complexity index is 466. The van der Waals surface area contributed by atoms with Crippen LogP contribution in [0.1, 0.15) is 24.8 Å². The molecular formula is C15H22F3N3. The van der Waals surface area contributed by atoms with Crippen molar-refractivity contribution in [2.24, 2.45) is 5.92 Å². The van der Waals surface area contributed by atoms with E-state index in [1.807, 2.05) is 0 Å². The van der Waals surface area contributed by atoms with Crippen molar-refractivity contribution in [2.75, 3.05) is 37.7 Å². The number of benzene rings is 1. The number of nitrogens with one attached hydrogen (secondary N) is 1. The van der Waals surface area contributed by atoms with Crippen molar-refractivity contribution in [1.82, 2.24) is 4.90 Å². The number of rotatable bonds is 4. The monoisotopic (exact) mass is 301 g/mol. The summed E-state index contributed by atoms with van der Waals surface area (Å²) < 4.78 is 37.6. The van der Waals surface area contributed by atoms with E-state index in [1.165, 1.54) is 18.9 Å². The zero-order valence-corrected chi connectivity index (χ0v) is 12.2. The fraction of sp³-hybridized carbons (Fsp3) is 0.600. The van der Waals surface area contributed by atoms with Crippen LogP contribution in [0.15, 0.2) is 18.2 Å². The van der Waals surface area contributed by atoms with E-state index in [1.54, 1.807) is 0 Å². The van der Waals surface area contributed by atoms with Crippen molar-refractivity contribution in [3.63, 3.8) is 0 Å². The van der Waals surface area contributed by atoms with Crippen LogP contribution in [0.2, 0.25) is 0 Å². The second kappa shape index (κ2) is 6.56. The molecule has 1 aromatic rings. The van der Waals surface area contributed by atoms with Gasteiger partial charge >= 0.3 is 6.18 Å². The summed E-state index contributed by atoms with van der Waals surface area (Å²) in [6, 6.07) is 3.46. The molecule has 3 N–H and O–H groups in total. The Morgan fingerprint density at radius 3 is 2.52 bits per heavy atom. The van der Waals surface area contributed by atoms with Gasteiger partial charge in [0.25, 0.3) is 0 Å². The molecule has 3 nitrogen and oxygen atoms in total. The van der Waals surface area contributed by atoms with E-state index < -0.39 is 11.7 Å². The molecule has 0 atom stereocenters. The van der Waals surface area contributed by atoms with Gasteiger partial charge in [-0.05, 0) is 63.5 Å². The van der Waals surface area contributed by atoms with E-state index in [4.69, 9.17) is 5.73 Å². The normalized spacial score (nSPS) is 17.9. The number of anilines is 2. The molecular weight excluding hydrogens is 279 g/mol. The Balaban J connectivity index is 1.83. The second-order valence-corrected chi connectivity index (χ2v) is 5.76. The summed E-state index contributed by atoms with van der Waals surface area (Å²) >= 11 is 0. The van der Waals surface area contributed by atoms with Gasteiger partial charge in [0.15, 0.2) is 0 Å². The smallest absolute Gasteiger partial charge is 0.397 e. The number of hydrogen-bond donors (Lipinski definition) is 2. The summed E-state index contributed by atoms with van der Waals surface area (Å²) in [6.07, 6.45) is -0.962. The SMILES string of the molecule is CN1CCC(CCNc2ccc(C(F)(F)F)cc2N)CC1. The number of halogens is 3. The van der Waals surface area contributed by atoms with Crippen molar-refractivity contribution < 1.29 is 13.2 Å². The molecule has 2 rings (SSSR count). The number of hydrogen-bond acceptors (Lipinski definition) is 3. The highest BCUT2D eigenvalue weighted by Crippen LogP contribution is 2.32. The highest BCUT2D eigenvalue weighted by atomic mass is 19.4. The van der Waals surface area contributed by atoms with Crippen LogP contribution in [0.4, 0.5) is 24.5 Å². The average Bonchev–Trinajstić information content (AvgIpc) is 2.41. The summed E-state index contributed by atoms with van der Waals surface area (Å²) in [4.78, 5) is 2.32. The van der Waals surface area contributed by atoms with Crippen molar-refractivity contribution in [2.45, 2.75) is 25.4 Å². The van der Waals surface area contributed by atoms with Crippen molar-refractivity contribution in [1.29, 1.82) is 0 Å². The Kier molecular flexibility index (Phi) is 4.98. The minimum Gasteiger partial charge on any atom is -0.397 e. The van der Waals surface area contributed by atoms with E-state index in [0.717, 1.165) is 38.2 Å². The molecule has 0 bridgehead atoms. The van der Waals surface area contributed by atoms with Gasteiger partial charge in [0, 0.05) is 6.54 Å². The number of piperidine rings is 1. The molecule has 1 fully saturated rings. The summed E-state index contributed by atoms with van der Waals surface area (Å²) in [5.41, 5.74) is 5.70. The third-order valence-electron chi connectivity index (χ3n) is 4.09. The lowest BCUT2D eigenvalue weighted by Crippen LogP contribution is -2.30. The predicted molar refractivity (Wildman–Crippen MR) is 79.2 cm³/mol. The van der Waals surface area contributed by atoms with E-state index in [2.05, 4.69) is 17.3 Å². The van der Waals surface area contributed by atoms with Crippen LogP contribution in [0.3, 0.4) is 0 Å². The molecule has 1 saturated heterocycles. The number of nitrogens with two attached hydrogens (primary N) is 1. The van der Waals surface area contributed by atoms with Crippen LogP contribution in [-0.4, -0.2) is 31.6 Å². The average molecular weight is 301 g/mol. The van der Waals surface area contributed by atoms with Gasteiger partial charge in [0.2, 0.25) is 0 Å². The van der Waals surface area contributed by atoms with Gasteiger partial charge in [-0.1, -0.05) is 0 Å². The summed E-state index contributed by atoms with van der Waals surface area (Å²) in [5.74, 6) is 0.685. The molecule has 21 heavy (non-hydrogen) atoms. The lowest BCUT2D eigenvalue weighted by molar-refractivity contribution is -0.137. The predicted octanol–water partition coefficient (Wildman–Crippen LogP) is 3.43. The first kappa shape index (κ1) is 15.9. The maximum absolute atomic E-state index is 12.5. The molecule has 0 aromatic heterocycles. The van der Waals surface area contributed by atoms with Crippen LogP contribution < -0.4 is 11.1 Å². The Morgan fingerprint density at radius 2 is 1.95 bits per heavy atom.